The number of nitrogen functional groups attached to an aromatic ring is 1. The number of ether oxygens (including phenoxy) is 1. The van der Waals surface area contributed by atoms with Crippen molar-refractivity contribution in [2.24, 2.45) is 0 Å². The second-order valence-electron chi connectivity index (χ2n) is 4.39. The number of hydrogen-bond acceptors (Lipinski definition) is 6. The van der Waals surface area contributed by atoms with E-state index in [0.717, 1.165) is 5.75 Å². The summed E-state index contributed by atoms with van der Waals surface area (Å²) in [5.41, 5.74) is 6.47. The molecule has 0 atom stereocenters. The van der Waals surface area contributed by atoms with Crippen LogP contribution in [0.5, 0.6) is 11.5 Å². The van der Waals surface area contributed by atoms with Gasteiger partial charge in [0, 0.05) is 11.8 Å². The smallest absolute Gasteiger partial charge is 0.261 e. The Morgan fingerprint density at radius 3 is 2.71 bits per heavy atom. The van der Waals surface area contributed by atoms with E-state index in [9.17, 15) is 5.11 Å². The number of benzene rings is 2. The maximum Gasteiger partial charge on any atom is 0.261 e. The van der Waals surface area contributed by atoms with Gasteiger partial charge in [0.2, 0.25) is 5.82 Å². The monoisotopic (exact) mass is 283 g/mol. The second kappa shape index (κ2) is 5.54. The van der Waals surface area contributed by atoms with Crippen LogP contribution in [0.25, 0.3) is 11.5 Å². The highest BCUT2D eigenvalue weighted by atomic mass is 16.5. The minimum atomic E-state index is -0.00539. The number of aromatic hydroxyl groups is 1. The van der Waals surface area contributed by atoms with E-state index >= 15 is 0 Å². The Hall–Kier alpha value is -3.02. The number of rotatable bonds is 4. The highest BCUT2D eigenvalue weighted by Crippen LogP contribution is 2.29. The van der Waals surface area contributed by atoms with E-state index in [1.54, 1.807) is 12.1 Å². The minimum Gasteiger partial charge on any atom is -0.507 e. The normalized spacial score (nSPS) is 10.5. The van der Waals surface area contributed by atoms with E-state index in [-0.39, 0.29) is 18.2 Å². The molecule has 0 fully saturated rings. The Kier molecular flexibility index (Phi) is 3.42. The zero-order valence-corrected chi connectivity index (χ0v) is 11.1. The molecule has 6 nitrogen and oxygen atoms in total. The lowest BCUT2D eigenvalue weighted by atomic mass is 10.2. The Morgan fingerprint density at radius 2 is 1.95 bits per heavy atom. The molecule has 106 valence electrons. The summed E-state index contributed by atoms with van der Waals surface area (Å²) in [5, 5.41) is 13.6. The van der Waals surface area contributed by atoms with Crippen molar-refractivity contribution in [1.82, 2.24) is 10.1 Å². The van der Waals surface area contributed by atoms with Crippen molar-refractivity contribution in [2.45, 2.75) is 6.61 Å². The van der Waals surface area contributed by atoms with Crippen molar-refractivity contribution in [3.8, 4) is 23.0 Å². The molecule has 0 aliphatic heterocycles. The van der Waals surface area contributed by atoms with E-state index in [4.69, 9.17) is 15.0 Å². The van der Waals surface area contributed by atoms with Gasteiger partial charge in [-0.3, -0.25) is 0 Å². The SMILES string of the molecule is Nc1ccc(-c2nc(COc3ccccc3)no2)c(O)c1. The summed E-state index contributed by atoms with van der Waals surface area (Å²) in [6, 6.07) is 14.1. The maximum atomic E-state index is 9.82. The van der Waals surface area contributed by atoms with Gasteiger partial charge in [-0.2, -0.15) is 4.98 Å². The second-order valence-corrected chi connectivity index (χ2v) is 4.39. The Morgan fingerprint density at radius 1 is 1.14 bits per heavy atom. The van der Waals surface area contributed by atoms with Gasteiger partial charge in [-0.1, -0.05) is 23.4 Å². The van der Waals surface area contributed by atoms with Crippen LogP contribution in [0.1, 0.15) is 5.82 Å². The van der Waals surface area contributed by atoms with Gasteiger partial charge in [-0.15, -0.1) is 0 Å². The van der Waals surface area contributed by atoms with Crippen LogP contribution in [0.2, 0.25) is 0 Å². The number of para-hydroxylation sites is 1. The van der Waals surface area contributed by atoms with E-state index in [1.807, 2.05) is 30.3 Å². The fourth-order valence-electron chi connectivity index (χ4n) is 1.82. The Labute approximate surface area is 120 Å². The maximum absolute atomic E-state index is 9.82. The first-order chi connectivity index (χ1) is 10.2. The van der Waals surface area contributed by atoms with Gasteiger partial charge in [0.1, 0.15) is 11.5 Å². The molecule has 0 saturated carbocycles. The molecule has 0 unspecified atom stereocenters. The highest BCUT2D eigenvalue weighted by Gasteiger charge is 2.13. The molecule has 1 heterocycles. The van der Waals surface area contributed by atoms with Crippen molar-refractivity contribution in [3.63, 3.8) is 0 Å². The van der Waals surface area contributed by atoms with Crippen LogP contribution in [-0.2, 0) is 6.61 Å². The lowest BCUT2D eigenvalue weighted by Gasteiger charge is -2.01. The van der Waals surface area contributed by atoms with Crippen LogP contribution in [0.3, 0.4) is 0 Å². The molecule has 3 N–H and O–H groups in total. The molecule has 3 rings (SSSR count). The number of hydrogen-bond donors (Lipinski definition) is 2. The lowest BCUT2D eigenvalue weighted by Crippen LogP contribution is -1.97. The number of nitrogens with two attached hydrogens (primary N) is 1. The van der Waals surface area contributed by atoms with E-state index in [1.165, 1.54) is 6.07 Å². The molecule has 21 heavy (non-hydrogen) atoms. The van der Waals surface area contributed by atoms with Crippen LogP contribution < -0.4 is 10.5 Å². The molecule has 0 aliphatic carbocycles. The molecular weight excluding hydrogens is 270 g/mol. The molecule has 0 amide bonds. The van der Waals surface area contributed by atoms with Crippen LogP contribution in [-0.4, -0.2) is 15.2 Å². The Bertz CT molecular complexity index is 741. The van der Waals surface area contributed by atoms with Crippen molar-refractivity contribution in [2.75, 3.05) is 5.73 Å². The summed E-state index contributed by atoms with van der Waals surface area (Å²) in [5.74, 6) is 1.33. The van der Waals surface area contributed by atoms with Gasteiger partial charge in [0.05, 0.1) is 5.56 Å². The van der Waals surface area contributed by atoms with E-state index in [0.29, 0.717) is 17.1 Å². The molecule has 0 bridgehead atoms. The quantitative estimate of drug-likeness (QED) is 0.715. The van der Waals surface area contributed by atoms with Crippen molar-refractivity contribution < 1.29 is 14.4 Å². The van der Waals surface area contributed by atoms with Crippen molar-refractivity contribution in [1.29, 1.82) is 0 Å². The van der Waals surface area contributed by atoms with Crippen LogP contribution >= 0.6 is 0 Å². The van der Waals surface area contributed by atoms with Gasteiger partial charge >= 0.3 is 0 Å². The molecule has 1 aromatic heterocycles. The van der Waals surface area contributed by atoms with Crippen LogP contribution in [0.4, 0.5) is 5.69 Å². The average Bonchev–Trinajstić information content (AvgIpc) is 2.95. The molecule has 0 aliphatic rings. The molecule has 0 radical (unpaired) electrons. The van der Waals surface area contributed by atoms with Gasteiger partial charge < -0.3 is 20.1 Å². The van der Waals surface area contributed by atoms with Gasteiger partial charge in [-0.25, -0.2) is 0 Å². The zero-order chi connectivity index (χ0) is 14.7. The van der Waals surface area contributed by atoms with E-state index < -0.39 is 0 Å². The predicted octanol–water partition coefficient (Wildman–Crippen LogP) is 2.60. The number of phenolic OH excluding ortho intramolecular Hbond substituents is 1. The minimum absolute atomic E-state index is 0.00539. The first-order valence-corrected chi connectivity index (χ1v) is 6.31. The molecule has 3 aromatic rings. The zero-order valence-electron chi connectivity index (χ0n) is 11.1. The first kappa shape index (κ1) is 13.0. The molecule has 6 heteroatoms. The number of nitrogens with zero attached hydrogens (tertiary/aromatic N) is 2. The van der Waals surface area contributed by atoms with Gasteiger partial charge in [0.15, 0.2) is 6.61 Å². The summed E-state index contributed by atoms with van der Waals surface area (Å²) in [6.45, 7) is 0.184. The topological polar surface area (TPSA) is 94.4 Å². The highest BCUT2D eigenvalue weighted by molar-refractivity contribution is 5.66. The summed E-state index contributed by atoms with van der Waals surface area (Å²) < 4.78 is 10.6. The number of phenols is 1. The predicted molar refractivity (Wildman–Crippen MR) is 76.6 cm³/mol. The molecular formula is C15H13N3O3. The molecule has 2 aromatic carbocycles. The van der Waals surface area contributed by atoms with E-state index in [2.05, 4.69) is 10.1 Å². The third-order valence-corrected chi connectivity index (χ3v) is 2.83. The summed E-state index contributed by atoms with van der Waals surface area (Å²) in [7, 11) is 0. The Balaban J connectivity index is 1.74. The summed E-state index contributed by atoms with van der Waals surface area (Å²) in [6.07, 6.45) is 0. The molecule has 0 spiro atoms. The van der Waals surface area contributed by atoms with Crippen molar-refractivity contribution in [3.05, 3.63) is 54.4 Å². The summed E-state index contributed by atoms with van der Waals surface area (Å²) >= 11 is 0. The summed E-state index contributed by atoms with van der Waals surface area (Å²) in [4.78, 5) is 4.18. The first-order valence-electron chi connectivity index (χ1n) is 6.31. The van der Waals surface area contributed by atoms with Gasteiger partial charge in [-0.05, 0) is 24.3 Å². The fourth-order valence-corrected chi connectivity index (χ4v) is 1.82. The fraction of sp³-hybridized carbons (Fsp3) is 0.0667. The molecule has 0 saturated heterocycles. The van der Waals surface area contributed by atoms with Crippen LogP contribution in [0, 0.1) is 0 Å². The number of aromatic nitrogens is 2. The average molecular weight is 283 g/mol. The third-order valence-electron chi connectivity index (χ3n) is 2.83. The van der Waals surface area contributed by atoms with Crippen molar-refractivity contribution >= 4 is 5.69 Å². The lowest BCUT2D eigenvalue weighted by molar-refractivity contribution is 0.287. The third kappa shape index (κ3) is 2.94. The van der Waals surface area contributed by atoms with Crippen LogP contribution in [0.15, 0.2) is 53.1 Å². The van der Waals surface area contributed by atoms with Gasteiger partial charge in [0.25, 0.3) is 5.89 Å². The largest absolute Gasteiger partial charge is 0.507 e. The number of anilines is 1. The standard InChI is InChI=1S/C15H13N3O3/c16-10-6-7-12(13(19)8-10)15-17-14(18-21-15)9-20-11-4-2-1-3-5-11/h1-8,19H,9,16H2.